The molecule has 0 saturated carbocycles. The predicted octanol–water partition coefficient (Wildman–Crippen LogP) is 7.94. The fraction of sp³-hybridized carbons (Fsp3) is 0.321. The summed E-state index contributed by atoms with van der Waals surface area (Å²) in [5.74, 6) is 1.60. The summed E-state index contributed by atoms with van der Waals surface area (Å²) < 4.78 is 24.4. The van der Waals surface area contributed by atoms with E-state index in [4.69, 9.17) is 18.4 Å². The topological polar surface area (TPSA) is 74.2 Å². The average Bonchev–Trinajstić information content (AvgIpc) is 2.89. The van der Waals surface area contributed by atoms with E-state index < -0.39 is 16.5 Å². The van der Waals surface area contributed by atoms with Gasteiger partial charge in [0.1, 0.15) is 22.1 Å². The molecule has 3 aromatic carbocycles. The van der Waals surface area contributed by atoms with Crippen molar-refractivity contribution in [1.29, 1.82) is 0 Å². The molecule has 3 aromatic rings. The Kier molecular flexibility index (Phi) is 9.73. The van der Waals surface area contributed by atoms with E-state index in [-0.39, 0.29) is 0 Å². The normalized spacial score (nSPS) is 11.5. The lowest BCUT2D eigenvalue weighted by atomic mass is 10.3. The van der Waals surface area contributed by atoms with Crippen LogP contribution in [0.4, 0.5) is 4.79 Å². The van der Waals surface area contributed by atoms with Crippen LogP contribution in [0.2, 0.25) is 0 Å². The van der Waals surface area contributed by atoms with E-state index in [0.29, 0.717) is 42.0 Å². The van der Waals surface area contributed by atoms with Gasteiger partial charge < -0.3 is 23.5 Å². The standard InChI is InChI=1S/C28H34O6S/c1-4-17-31-22-20-25(32-18-5-2)27(26(21-22)33-19-6-3)35(34-28(29)30,23-13-9-7-10-14-23)24-15-11-8-12-16-24/h7-16,20-21H,4-6,17-19H2,1-3H3,(H,29,30). The van der Waals surface area contributed by atoms with E-state index in [0.717, 1.165) is 29.1 Å². The average molecular weight is 499 g/mol. The summed E-state index contributed by atoms with van der Waals surface area (Å²) in [5.41, 5.74) is 0. The highest BCUT2D eigenvalue weighted by Gasteiger charge is 2.41. The third kappa shape index (κ3) is 6.22. The summed E-state index contributed by atoms with van der Waals surface area (Å²) in [6.45, 7) is 7.52. The maximum atomic E-state index is 12.3. The van der Waals surface area contributed by atoms with Crippen molar-refractivity contribution in [2.45, 2.75) is 54.7 Å². The first-order valence-corrected chi connectivity index (χ1v) is 13.5. The number of ether oxygens (including phenoxy) is 3. The molecule has 0 spiro atoms. The molecule has 1 N–H and O–H groups in total. The minimum atomic E-state index is -2.80. The van der Waals surface area contributed by atoms with Gasteiger partial charge in [0.15, 0.2) is 0 Å². The lowest BCUT2D eigenvalue weighted by Crippen LogP contribution is -2.15. The van der Waals surface area contributed by atoms with Crippen molar-refractivity contribution in [2.75, 3.05) is 19.8 Å². The number of rotatable bonds is 13. The molecular weight excluding hydrogens is 464 g/mol. The maximum absolute atomic E-state index is 12.3. The molecule has 0 radical (unpaired) electrons. The molecule has 0 amide bonds. The Morgan fingerprint density at radius 1 is 0.714 bits per heavy atom. The van der Waals surface area contributed by atoms with Crippen molar-refractivity contribution in [3.05, 3.63) is 72.8 Å². The van der Waals surface area contributed by atoms with Crippen LogP contribution in [0.5, 0.6) is 17.2 Å². The van der Waals surface area contributed by atoms with E-state index >= 15 is 0 Å². The lowest BCUT2D eigenvalue weighted by molar-refractivity contribution is 0.150. The molecule has 0 heterocycles. The fourth-order valence-electron chi connectivity index (χ4n) is 3.62. The Morgan fingerprint density at radius 2 is 1.14 bits per heavy atom. The van der Waals surface area contributed by atoms with E-state index in [1.54, 1.807) is 0 Å². The summed E-state index contributed by atoms with van der Waals surface area (Å²) in [4.78, 5) is 14.3. The summed E-state index contributed by atoms with van der Waals surface area (Å²) in [6.07, 6.45) is 1.04. The SMILES string of the molecule is CCCOc1cc(OCCC)c(S(OC(=O)O)(c2ccccc2)c2ccccc2)c(OCCC)c1. The molecule has 0 bridgehead atoms. The number of carbonyl (C=O) groups is 1. The molecule has 0 saturated heterocycles. The molecule has 188 valence electrons. The van der Waals surface area contributed by atoms with E-state index in [1.807, 2.05) is 93.6 Å². The number of hydrogen-bond donors (Lipinski definition) is 1. The fourth-order valence-corrected chi connectivity index (χ4v) is 6.73. The summed E-state index contributed by atoms with van der Waals surface area (Å²) in [6, 6.07) is 22.5. The van der Waals surface area contributed by atoms with Crippen molar-refractivity contribution in [2.24, 2.45) is 0 Å². The molecular formula is C28H34O6S. The van der Waals surface area contributed by atoms with Crippen LogP contribution in [0, 0.1) is 0 Å². The van der Waals surface area contributed by atoms with Crippen LogP contribution in [0.15, 0.2) is 87.5 Å². The van der Waals surface area contributed by atoms with Gasteiger partial charge >= 0.3 is 6.16 Å². The first kappa shape index (κ1) is 26.3. The first-order chi connectivity index (χ1) is 17.1. The van der Waals surface area contributed by atoms with Crippen LogP contribution in [-0.2, 0) is 4.18 Å². The Hall–Kier alpha value is -3.32. The van der Waals surface area contributed by atoms with Crippen LogP contribution in [-0.4, -0.2) is 31.1 Å². The Balaban J connectivity index is 2.42. The Bertz CT molecular complexity index is 1000. The van der Waals surface area contributed by atoms with Crippen molar-refractivity contribution in [1.82, 2.24) is 0 Å². The second kappa shape index (κ2) is 13.0. The molecule has 6 nitrogen and oxygen atoms in total. The van der Waals surface area contributed by atoms with Gasteiger partial charge in [-0.05, 0) is 43.5 Å². The number of hydrogen-bond acceptors (Lipinski definition) is 5. The molecule has 7 heteroatoms. The van der Waals surface area contributed by atoms with Gasteiger partial charge in [0.05, 0.1) is 19.8 Å². The third-order valence-electron chi connectivity index (χ3n) is 5.02. The number of carboxylic acid groups (broad SMARTS) is 1. The Morgan fingerprint density at radius 3 is 1.54 bits per heavy atom. The van der Waals surface area contributed by atoms with Crippen molar-refractivity contribution >= 4 is 16.5 Å². The molecule has 0 atom stereocenters. The monoisotopic (exact) mass is 498 g/mol. The zero-order chi connectivity index (χ0) is 25.1. The lowest BCUT2D eigenvalue weighted by Gasteiger charge is -2.40. The van der Waals surface area contributed by atoms with Gasteiger partial charge in [0.2, 0.25) is 0 Å². The zero-order valence-electron chi connectivity index (χ0n) is 20.6. The van der Waals surface area contributed by atoms with Crippen LogP contribution in [0.1, 0.15) is 40.0 Å². The second-order valence-electron chi connectivity index (χ2n) is 7.83. The largest absolute Gasteiger partial charge is 0.517 e. The van der Waals surface area contributed by atoms with Gasteiger partial charge in [-0.2, -0.15) is 0 Å². The number of benzene rings is 3. The highest BCUT2D eigenvalue weighted by atomic mass is 32.3. The minimum absolute atomic E-state index is 0.448. The molecule has 0 aliphatic carbocycles. The second-order valence-corrected chi connectivity index (χ2v) is 10.5. The zero-order valence-corrected chi connectivity index (χ0v) is 21.4. The molecule has 0 unspecified atom stereocenters. The molecule has 3 rings (SSSR count). The molecule has 0 aliphatic heterocycles. The highest BCUT2D eigenvalue weighted by Crippen LogP contribution is 2.73. The van der Waals surface area contributed by atoms with Crippen LogP contribution >= 0.6 is 10.3 Å². The van der Waals surface area contributed by atoms with Crippen LogP contribution < -0.4 is 14.2 Å². The van der Waals surface area contributed by atoms with Crippen molar-refractivity contribution in [3.8, 4) is 17.2 Å². The predicted molar refractivity (Wildman–Crippen MR) is 138 cm³/mol. The van der Waals surface area contributed by atoms with E-state index in [1.165, 1.54) is 0 Å². The van der Waals surface area contributed by atoms with E-state index in [9.17, 15) is 9.90 Å². The quantitative estimate of drug-likeness (QED) is 0.258. The maximum Gasteiger partial charge on any atom is 0.517 e. The molecule has 0 fully saturated rings. The van der Waals surface area contributed by atoms with Crippen LogP contribution in [0.25, 0.3) is 0 Å². The van der Waals surface area contributed by atoms with E-state index in [2.05, 4.69) is 0 Å². The van der Waals surface area contributed by atoms with Crippen molar-refractivity contribution < 1.29 is 28.3 Å². The first-order valence-electron chi connectivity index (χ1n) is 12.0. The van der Waals surface area contributed by atoms with Gasteiger partial charge in [-0.3, -0.25) is 0 Å². The molecule has 35 heavy (non-hydrogen) atoms. The molecule has 0 aromatic heterocycles. The van der Waals surface area contributed by atoms with Gasteiger partial charge in [-0.25, -0.2) is 4.79 Å². The summed E-state index contributed by atoms with van der Waals surface area (Å²) >= 11 is 0. The summed E-state index contributed by atoms with van der Waals surface area (Å²) in [7, 11) is -2.80. The van der Waals surface area contributed by atoms with Gasteiger partial charge in [-0.15, -0.1) is 0 Å². The third-order valence-corrected chi connectivity index (χ3v) is 8.27. The Labute approximate surface area is 209 Å². The molecule has 0 aliphatic rings. The highest BCUT2D eigenvalue weighted by molar-refractivity contribution is 8.30. The van der Waals surface area contributed by atoms with Crippen molar-refractivity contribution in [3.63, 3.8) is 0 Å². The summed E-state index contributed by atoms with van der Waals surface area (Å²) in [5, 5.41) is 10.0. The minimum Gasteiger partial charge on any atom is -0.493 e. The van der Waals surface area contributed by atoms with Gasteiger partial charge in [0.25, 0.3) is 0 Å². The van der Waals surface area contributed by atoms with Crippen LogP contribution in [0.3, 0.4) is 0 Å². The van der Waals surface area contributed by atoms with Gasteiger partial charge in [-0.1, -0.05) is 57.2 Å². The smallest absolute Gasteiger partial charge is 0.493 e. The van der Waals surface area contributed by atoms with Gasteiger partial charge in [0, 0.05) is 32.2 Å².